The van der Waals surface area contributed by atoms with E-state index >= 15 is 0 Å². The van der Waals surface area contributed by atoms with Gasteiger partial charge < -0.3 is 15.2 Å². The standard InChI is InChI=1S/C28H23N3O2S/c1-19-17-29-28(30-22-13-8-14-23(15-22)33-18-20-9-4-2-5-10-20)31-26(19)27-24(16-25(32)34-27)21-11-6-3-7-12-21/h2-17,32H,18H2,1H3,(H,29,30,31). The van der Waals surface area contributed by atoms with Gasteiger partial charge in [0.25, 0.3) is 0 Å². The van der Waals surface area contributed by atoms with Crippen molar-refractivity contribution in [2.45, 2.75) is 13.5 Å². The molecule has 2 aromatic heterocycles. The number of anilines is 2. The van der Waals surface area contributed by atoms with Gasteiger partial charge in [-0.25, -0.2) is 9.97 Å². The zero-order chi connectivity index (χ0) is 23.3. The molecule has 0 aliphatic heterocycles. The minimum atomic E-state index is 0.254. The van der Waals surface area contributed by atoms with Crippen LogP contribution in [0.15, 0.2) is 97.2 Å². The second-order valence-electron chi connectivity index (χ2n) is 7.85. The minimum Gasteiger partial charge on any atom is -0.499 e. The van der Waals surface area contributed by atoms with Crippen LogP contribution in [-0.4, -0.2) is 15.1 Å². The van der Waals surface area contributed by atoms with Crippen LogP contribution in [0.2, 0.25) is 0 Å². The molecule has 0 aliphatic rings. The smallest absolute Gasteiger partial charge is 0.227 e. The molecule has 2 heterocycles. The number of aromatic nitrogens is 2. The predicted molar refractivity (Wildman–Crippen MR) is 138 cm³/mol. The van der Waals surface area contributed by atoms with E-state index in [2.05, 4.69) is 10.3 Å². The van der Waals surface area contributed by atoms with Crippen molar-refractivity contribution in [2.24, 2.45) is 0 Å². The lowest BCUT2D eigenvalue weighted by Gasteiger charge is -2.11. The third kappa shape index (κ3) is 4.92. The maximum atomic E-state index is 10.3. The van der Waals surface area contributed by atoms with E-state index in [4.69, 9.17) is 9.72 Å². The first-order valence-electron chi connectivity index (χ1n) is 10.9. The molecule has 0 atom stereocenters. The molecule has 0 aliphatic carbocycles. The number of nitrogens with zero attached hydrogens (tertiary/aromatic N) is 2. The third-order valence-electron chi connectivity index (χ3n) is 5.33. The molecular formula is C28H23N3O2S. The molecule has 0 amide bonds. The van der Waals surface area contributed by atoms with Gasteiger partial charge in [0.05, 0.1) is 10.6 Å². The summed E-state index contributed by atoms with van der Waals surface area (Å²) in [4.78, 5) is 10.2. The van der Waals surface area contributed by atoms with Gasteiger partial charge in [-0.1, -0.05) is 78.1 Å². The van der Waals surface area contributed by atoms with Gasteiger partial charge in [0.15, 0.2) is 5.06 Å². The Morgan fingerprint density at radius 1 is 0.912 bits per heavy atom. The van der Waals surface area contributed by atoms with Gasteiger partial charge in [-0.3, -0.25) is 0 Å². The average Bonchev–Trinajstić information content (AvgIpc) is 3.27. The number of rotatable bonds is 7. The van der Waals surface area contributed by atoms with E-state index in [0.717, 1.165) is 44.3 Å². The van der Waals surface area contributed by atoms with E-state index in [9.17, 15) is 5.11 Å². The summed E-state index contributed by atoms with van der Waals surface area (Å²) in [5.41, 5.74) is 5.65. The van der Waals surface area contributed by atoms with Crippen LogP contribution in [0.3, 0.4) is 0 Å². The normalized spacial score (nSPS) is 10.7. The Bertz CT molecular complexity index is 1400. The maximum Gasteiger partial charge on any atom is 0.227 e. The van der Waals surface area contributed by atoms with Crippen molar-refractivity contribution in [3.05, 3.63) is 108 Å². The molecule has 5 aromatic rings. The molecule has 0 saturated carbocycles. The van der Waals surface area contributed by atoms with Gasteiger partial charge in [0, 0.05) is 29.6 Å². The zero-order valence-electron chi connectivity index (χ0n) is 18.6. The van der Waals surface area contributed by atoms with Gasteiger partial charge >= 0.3 is 0 Å². The second-order valence-corrected chi connectivity index (χ2v) is 8.88. The van der Waals surface area contributed by atoms with Gasteiger partial charge in [-0.05, 0) is 35.7 Å². The number of hydrogen-bond acceptors (Lipinski definition) is 6. The van der Waals surface area contributed by atoms with Crippen molar-refractivity contribution in [1.82, 2.24) is 9.97 Å². The molecule has 2 N–H and O–H groups in total. The van der Waals surface area contributed by atoms with Gasteiger partial charge in [0.2, 0.25) is 5.95 Å². The molecule has 5 nitrogen and oxygen atoms in total. The van der Waals surface area contributed by atoms with Crippen LogP contribution in [0.4, 0.5) is 11.6 Å². The van der Waals surface area contributed by atoms with E-state index in [1.807, 2.05) is 91.9 Å². The number of aryl methyl sites for hydroxylation is 1. The van der Waals surface area contributed by atoms with Gasteiger partial charge in [-0.15, -0.1) is 0 Å². The van der Waals surface area contributed by atoms with E-state index in [1.165, 1.54) is 11.3 Å². The lowest BCUT2D eigenvalue weighted by molar-refractivity contribution is 0.306. The van der Waals surface area contributed by atoms with Crippen LogP contribution >= 0.6 is 11.3 Å². The minimum absolute atomic E-state index is 0.254. The topological polar surface area (TPSA) is 67.3 Å². The molecule has 0 fully saturated rings. The van der Waals surface area contributed by atoms with E-state index < -0.39 is 0 Å². The molecule has 34 heavy (non-hydrogen) atoms. The molecule has 6 heteroatoms. The van der Waals surface area contributed by atoms with Crippen LogP contribution in [0, 0.1) is 6.92 Å². The van der Waals surface area contributed by atoms with Crippen LogP contribution in [-0.2, 0) is 6.61 Å². The largest absolute Gasteiger partial charge is 0.499 e. The fraction of sp³-hybridized carbons (Fsp3) is 0.0714. The van der Waals surface area contributed by atoms with Gasteiger partial charge in [-0.2, -0.15) is 0 Å². The first-order chi connectivity index (χ1) is 16.7. The summed E-state index contributed by atoms with van der Waals surface area (Å²) in [5, 5.41) is 13.8. The van der Waals surface area contributed by atoms with E-state index in [0.29, 0.717) is 12.6 Å². The Balaban J connectivity index is 1.40. The molecule has 5 rings (SSSR count). The van der Waals surface area contributed by atoms with E-state index in [-0.39, 0.29) is 5.06 Å². The second kappa shape index (κ2) is 9.77. The summed E-state index contributed by atoms with van der Waals surface area (Å²) < 4.78 is 5.94. The van der Waals surface area contributed by atoms with Crippen LogP contribution < -0.4 is 10.1 Å². The van der Waals surface area contributed by atoms with Crippen molar-refractivity contribution < 1.29 is 9.84 Å². The maximum absolute atomic E-state index is 10.3. The predicted octanol–water partition coefficient (Wildman–Crippen LogP) is 7.21. The third-order valence-corrected chi connectivity index (χ3v) is 6.27. The summed E-state index contributed by atoms with van der Waals surface area (Å²) in [5.74, 6) is 1.24. The van der Waals surface area contributed by atoms with Crippen LogP contribution in [0.1, 0.15) is 11.1 Å². The fourth-order valence-electron chi connectivity index (χ4n) is 3.65. The van der Waals surface area contributed by atoms with Crippen molar-refractivity contribution in [1.29, 1.82) is 0 Å². The summed E-state index contributed by atoms with van der Waals surface area (Å²) >= 11 is 1.32. The highest BCUT2D eigenvalue weighted by Gasteiger charge is 2.17. The number of thiophene rings is 1. The Hall–Kier alpha value is -4.16. The Labute approximate surface area is 202 Å². The molecular weight excluding hydrogens is 442 g/mol. The highest BCUT2D eigenvalue weighted by atomic mass is 32.1. The summed E-state index contributed by atoms with van der Waals surface area (Å²) in [6, 6.07) is 29.6. The molecule has 0 saturated heterocycles. The van der Waals surface area contributed by atoms with Crippen LogP contribution in [0.25, 0.3) is 21.7 Å². The lowest BCUT2D eigenvalue weighted by atomic mass is 10.0. The van der Waals surface area contributed by atoms with Crippen LogP contribution in [0.5, 0.6) is 10.8 Å². The van der Waals surface area contributed by atoms with Gasteiger partial charge in [0.1, 0.15) is 12.4 Å². The first-order valence-corrected chi connectivity index (χ1v) is 11.7. The van der Waals surface area contributed by atoms with Crippen molar-refractivity contribution >= 4 is 23.0 Å². The fourth-order valence-corrected chi connectivity index (χ4v) is 4.63. The molecule has 3 aromatic carbocycles. The Morgan fingerprint density at radius 2 is 1.68 bits per heavy atom. The number of ether oxygens (including phenoxy) is 1. The van der Waals surface area contributed by atoms with E-state index in [1.54, 1.807) is 12.3 Å². The number of aromatic hydroxyl groups is 1. The lowest BCUT2D eigenvalue weighted by Crippen LogP contribution is -2.00. The summed E-state index contributed by atoms with van der Waals surface area (Å²) in [7, 11) is 0. The average molecular weight is 466 g/mol. The Morgan fingerprint density at radius 3 is 2.47 bits per heavy atom. The zero-order valence-corrected chi connectivity index (χ0v) is 19.4. The Kier molecular flexibility index (Phi) is 6.23. The number of benzene rings is 3. The molecule has 0 spiro atoms. The summed E-state index contributed by atoms with van der Waals surface area (Å²) in [6.07, 6.45) is 1.80. The summed E-state index contributed by atoms with van der Waals surface area (Å²) in [6.45, 7) is 2.47. The molecule has 0 unspecified atom stereocenters. The first kappa shape index (κ1) is 21.7. The monoisotopic (exact) mass is 465 g/mol. The van der Waals surface area contributed by atoms with Crippen molar-refractivity contribution in [3.8, 4) is 32.5 Å². The number of nitrogens with one attached hydrogen (secondary N) is 1. The number of hydrogen-bond donors (Lipinski definition) is 2. The van der Waals surface area contributed by atoms with Crippen molar-refractivity contribution in [3.63, 3.8) is 0 Å². The SMILES string of the molecule is Cc1cnc(Nc2cccc(OCc3ccccc3)c2)nc1-c1sc(O)cc1-c1ccccc1. The molecule has 0 radical (unpaired) electrons. The van der Waals surface area contributed by atoms with Crippen molar-refractivity contribution in [2.75, 3.05) is 5.32 Å². The quantitative estimate of drug-likeness (QED) is 0.266. The highest BCUT2D eigenvalue weighted by Crippen LogP contribution is 2.42. The highest BCUT2D eigenvalue weighted by molar-refractivity contribution is 7.17. The molecule has 0 bridgehead atoms. The molecule has 168 valence electrons.